The quantitative estimate of drug-likeness (QED) is 0.834. The maximum atomic E-state index is 11.7. The third-order valence-corrected chi connectivity index (χ3v) is 3.87. The second-order valence-electron chi connectivity index (χ2n) is 5.42. The molecule has 1 aromatic rings. The zero-order valence-corrected chi connectivity index (χ0v) is 11.0. The molecule has 0 unspecified atom stereocenters. The van der Waals surface area contributed by atoms with Crippen LogP contribution in [-0.4, -0.2) is 18.0 Å². The van der Waals surface area contributed by atoms with Gasteiger partial charge in [-0.15, -0.1) is 0 Å². The molecule has 3 nitrogen and oxygen atoms in total. The van der Waals surface area contributed by atoms with Crippen molar-refractivity contribution >= 4 is 5.91 Å². The molecule has 1 fully saturated rings. The van der Waals surface area contributed by atoms with Gasteiger partial charge in [0, 0.05) is 18.5 Å². The Morgan fingerprint density at radius 3 is 2.72 bits per heavy atom. The van der Waals surface area contributed by atoms with Gasteiger partial charge in [-0.3, -0.25) is 4.79 Å². The topological polar surface area (TPSA) is 55.1 Å². The van der Waals surface area contributed by atoms with Gasteiger partial charge in [0.2, 0.25) is 5.91 Å². The van der Waals surface area contributed by atoms with Crippen molar-refractivity contribution in [1.82, 2.24) is 5.32 Å². The standard InChI is InChI=1S/C15H22N2O/c1-12-5-2-3-6-13(12)7-8-14(18)17-11-15(16)9-4-10-15/h2-3,5-6H,4,7-11,16H2,1H3,(H,17,18). The van der Waals surface area contributed by atoms with Gasteiger partial charge in [0.15, 0.2) is 0 Å². The Morgan fingerprint density at radius 2 is 2.11 bits per heavy atom. The van der Waals surface area contributed by atoms with Crippen LogP contribution in [0.1, 0.15) is 36.8 Å². The number of nitrogens with one attached hydrogen (secondary N) is 1. The van der Waals surface area contributed by atoms with E-state index in [4.69, 9.17) is 5.73 Å². The van der Waals surface area contributed by atoms with Crippen molar-refractivity contribution < 1.29 is 4.79 Å². The predicted octanol–water partition coefficient (Wildman–Crippen LogP) is 1.93. The lowest BCUT2D eigenvalue weighted by Crippen LogP contribution is -2.54. The smallest absolute Gasteiger partial charge is 0.220 e. The van der Waals surface area contributed by atoms with Gasteiger partial charge in [-0.05, 0) is 43.7 Å². The second-order valence-corrected chi connectivity index (χ2v) is 5.42. The van der Waals surface area contributed by atoms with Crippen LogP contribution >= 0.6 is 0 Å². The first-order valence-electron chi connectivity index (χ1n) is 6.69. The maximum Gasteiger partial charge on any atom is 0.220 e. The molecular formula is C15H22N2O. The van der Waals surface area contributed by atoms with E-state index in [0.29, 0.717) is 13.0 Å². The molecule has 1 aliphatic rings. The van der Waals surface area contributed by atoms with Gasteiger partial charge in [-0.1, -0.05) is 24.3 Å². The molecule has 0 aromatic heterocycles. The minimum atomic E-state index is -0.127. The summed E-state index contributed by atoms with van der Waals surface area (Å²) in [5, 5.41) is 2.95. The van der Waals surface area contributed by atoms with Crippen molar-refractivity contribution in [3.63, 3.8) is 0 Å². The third kappa shape index (κ3) is 3.33. The molecule has 3 heteroatoms. The van der Waals surface area contributed by atoms with Gasteiger partial charge < -0.3 is 11.1 Å². The largest absolute Gasteiger partial charge is 0.354 e. The molecule has 1 saturated carbocycles. The lowest BCUT2D eigenvalue weighted by Gasteiger charge is -2.38. The number of carbonyl (C=O) groups is 1. The highest BCUT2D eigenvalue weighted by atomic mass is 16.1. The van der Waals surface area contributed by atoms with Crippen LogP contribution < -0.4 is 11.1 Å². The minimum absolute atomic E-state index is 0.106. The fraction of sp³-hybridized carbons (Fsp3) is 0.533. The molecule has 2 rings (SSSR count). The Morgan fingerprint density at radius 1 is 1.39 bits per heavy atom. The zero-order chi connectivity index (χ0) is 13.0. The summed E-state index contributed by atoms with van der Waals surface area (Å²) in [6.45, 7) is 2.70. The molecular weight excluding hydrogens is 224 g/mol. The van der Waals surface area contributed by atoms with Crippen LogP contribution in [0.5, 0.6) is 0 Å². The molecule has 0 aliphatic heterocycles. The van der Waals surface area contributed by atoms with Crippen LogP contribution in [0.2, 0.25) is 0 Å². The van der Waals surface area contributed by atoms with Crippen LogP contribution in [0.4, 0.5) is 0 Å². The maximum absolute atomic E-state index is 11.7. The van der Waals surface area contributed by atoms with Crippen LogP contribution in [0.25, 0.3) is 0 Å². The second kappa shape index (κ2) is 5.53. The van der Waals surface area contributed by atoms with E-state index in [2.05, 4.69) is 24.4 Å². The lowest BCUT2D eigenvalue weighted by atomic mass is 9.78. The lowest BCUT2D eigenvalue weighted by molar-refractivity contribution is -0.121. The molecule has 0 bridgehead atoms. The van der Waals surface area contributed by atoms with E-state index in [1.54, 1.807) is 0 Å². The molecule has 3 N–H and O–H groups in total. The van der Waals surface area contributed by atoms with Crippen LogP contribution in [0.15, 0.2) is 24.3 Å². The van der Waals surface area contributed by atoms with Gasteiger partial charge in [-0.2, -0.15) is 0 Å². The summed E-state index contributed by atoms with van der Waals surface area (Å²) in [6.07, 6.45) is 4.60. The number of carbonyl (C=O) groups excluding carboxylic acids is 1. The molecule has 0 saturated heterocycles. The van der Waals surface area contributed by atoms with E-state index in [0.717, 1.165) is 19.3 Å². The SMILES string of the molecule is Cc1ccccc1CCC(=O)NCC1(N)CCC1. The molecule has 0 atom stereocenters. The van der Waals surface area contributed by atoms with Crippen molar-refractivity contribution in [2.45, 2.75) is 44.6 Å². The molecule has 18 heavy (non-hydrogen) atoms. The number of hydrogen-bond donors (Lipinski definition) is 2. The fourth-order valence-electron chi connectivity index (χ4n) is 2.31. The Kier molecular flexibility index (Phi) is 4.02. The normalized spacial score (nSPS) is 17.0. The summed E-state index contributed by atoms with van der Waals surface area (Å²) in [5.41, 5.74) is 8.44. The zero-order valence-electron chi connectivity index (χ0n) is 11.0. The van der Waals surface area contributed by atoms with Crippen LogP contribution in [-0.2, 0) is 11.2 Å². The van der Waals surface area contributed by atoms with Crippen molar-refractivity contribution in [3.8, 4) is 0 Å². The number of rotatable bonds is 5. The molecule has 1 aliphatic carbocycles. The number of aryl methyl sites for hydroxylation is 2. The molecule has 1 aromatic carbocycles. The monoisotopic (exact) mass is 246 g/mol. The predicted molar refractivity (Wildman–Crippen MR) is 73.3 cm³/mol. The van der Waals surface area contributed by atoms with E-state index < -0.39 is 0 Å². The molecule has 0 spiro atoms. The van der Waals surface area contributed by atoms with E-state index >= 15 is 0 Å². The highest BCUT2D eigenvalue weighted by Gasteiger charge is 2.32. The summed E-state index contributed by atoms with van der Waals surface area (Å²) in [6, 6.07) is 8.20. The molecule has 98 valence electrons. The van der Waals surface area contributed by atoms with Crippen molar-refractivity contribution in [1.29, 1.82) is 0 Å². The number of amides is 1. The first-order chi connectivity index (χ1) is 8.59. The molecule has 1 amide bonds. The first-order valence-corrected chi connectivity index (χ1v) is 6.69. The van der Waals surface area contributed by atoms with Gasteiger partial charge in [0.05, 0.1) is 0 Å². The number of nitrogens with two attached hydrogens (primary N) is 1. The summed E-state index contributed by atoms with van der Waals surface area (Å²) in [5.74, 6) is 0.106. The molecule has 0 radical (unpaired) electrons. The van der Waals surface area contributed by atoms with E-state index in [9.17, 15) is 4.79 Å². The number of hydrogen-bond acceptors (Lipinski definition) is 2. The summed E-state index contributed by atoms with van der Waals surface area (Å²) < 4.78 is 0. The van der Waals surface area contributed by atoms with Crippen LogP contribution in [0.3, 0.4) is 0 Å². The van der Waals surface area contributed by atoms with E-state index in [1.807, 2.05) is 12.1 Å². The molecule has 0 heterocycles. The fourth-order valence-corrected chi connectivity index (χ4v) is 2.31. The van der Waals surface area contributed by atoms with Crippen molar-refractivity contribution in [3.05, 3.63) is 35.4 Å². The van der Waals surface area contributed by atoms with Crippen molar-refractivity contribution in [2.24, 2.45) is 5.73 Å². The Bertz CT molecular complexity index is 424. The number of benzene rings is 1. The van der Waals surface area contributed by atoms with E-state index in [1.165, 1.54) is 17.5 Å². The summed E-state index contributed by atoms with van der Waals surface area (Å²) in [7, 11) is 0. The highest BCUT2D eigenvalue weighted by molar-refractivity contribution is 5.76. The average Bonchev–Trinajstić information content (AvgIpc) is 2.33. The Labute approximate surface area is 109 Å². The van der Waals surface area contributed by atoms with Gasteiger partial charge >= 0.3 is 0 Å². The van der Waals surface area contributed by atoms with Gasteiger partial charge in [0.25, 0.3) is 0 Å². The van der Waals surface area contributed by atoms with Crippen LogP contribution in [0, 0.1) is 6.92 Å². The summed E-state index contributed by atoms with van der Waals surface area (Å²) >= 11 is 0. The minimum Gasteiger partial charge on any atom is -0.354 e. The third-order valence-electron chi connectivity index (χ3n) is 3.87. The average molecular weight is 246 g/mol. The van der Waals surface area contributed by atoms with Gasteiger partial charge in [0.1, 0.15) is 0 Å². The van der Waals surface area contributed by atoms with E-state index in [-0.39, 0.29) is 11.4 Å². The summed E-state index contributed by atoms with van der Waals surface area (Å²) in [4.78, 5) is 11.7. The highest BCUT2D eigenvalue weighted by Crippen LogP contribution is 2.28. The Balaban J connectivity index is 1.73. The van der Waals surface area contributed by atoms with Crippen molar-refractivity contribution in [2.75, 3.05) is 6.54 Å². The van der Waals surface area contributed by atoms with Gasteiger partial charge in [-0.25, -0.2) is 0 Å². The Hall–Kier alpha value is -1.35. The first kappa shape index (κ1) is 13.1.